The highest BCUT2D eigenvalue weighted by atomic mass is 35.5. The smallest absolute Gasteiger partial charge is 0.306 e. The fraction of sp³-hybridized carbons (Fsp3) is 0.462. The minimum atomic E-state index is -3.13. The topological polar surface area (TPSA) is 122 Å². The molecule has 10 nitrogen and oxygen atoms in total. The predicted octanol–water partition coefficient (Wildman–Crippen LogP) is 4.24. The Bertz CT molecular complexity index is 1520. The Hall–Kier alpha value is -3.67. The lowest BCUT2D eigenvalue weighted by molar-refractivity contribution is -0.142. The Morgan fingerprint density at radius 1 is 1.26 bits per heavy atom. The van der Waals surface area contributed by atoms with Crippen LogP contribution in [0.1, 0.15) is 25.7 Å². The third kappa shape index (κ3) is 4.70. The van der Waals surface area contributed by atoms with Crippen molar-refractivity contribution in [2.75, 3.05) is 35.2 Å². The highest BCUT2D eigenvalue weighted by molar-refractivity contribution is 6.33. The lowest BCUT2D eigenvalue weighted by Crippen LogP contribution is -2.44. The van der Waals surface area contributed by atoms with E-state index in [0.29, 0.717) is 67.1 Å². The number of benzene rings is 1. The number of hydrogen-bond acceptors (Lipinski definition) is 8. The van der Waals surface area contributed by atoms with E-state index in [1.165, 1.54) is 10.8 Å². The van der Waals surface area contributed by atoms with E-state index in [4.69, 9.17) is 16.3 Å². The van der Waals surface area contributed by atoms with Crippen LogP contribution >= 0.6 is 11.6 Å². The highest BCUT2D eigenvalue weighted by Gasteiger charge is 2.51. The normalized spacial score (nSPS) is 21.0. The molecule has 206 valence electrons. The molecule has 1 aromatic carbocycles. The second-order valence-corrected chi connectivity index (χ2v) is 10.8. The summed E-state index contributed by atoms with van der Waals surface area (Å²) in [7, 11) is 1.57. The molecule has 0 radical (unpaired) electrons. The number of hydrogen-bond donors (Lipinski definition) is 3. The van der Waals surface area contributed by atoms with Crippen molar-refractivity contribution in [3.05, 3.63) is 39.8 Å². The zero-order valence-corrected chi connectivity index (χ0v) is 21.8. The number of aryl methyl sites for hydroxylation is 1. The molecular formula is C26H27ClF2N6O4. The van der Waals surface area contributed by atoms with Crippen molar-refractivity contribution in [1.29, 1.82) is 0 Å². The molecule has 1 saturated carbocycles. The Morgan fingerprint density at radius 3 is 2.69 bits per heavy atom. The summed E-state index contributed by atoms with van der Waals surface area (Å²) >= 11 is 6.40. The lowest BCUT2D eigenvalue weighted by atomic mass is 9.97. The van der Waals surface area contributed by atoms with Crippen LogP contribution in [0.3, 0.4) is 0 Å². The van der Waals surface area contributed by atoms with E-state index in [1.807, 2.05) is 4.90 Å². The zero-order chi connectivity index (χ0) is 27.5. The van der Waals surface area contributed by atoms with E-state index in [2.05, 4.69) is 20.6 Å². The number of nitrogens with zero attached hydrogens (tertiary/aromatic N) is 4. The Kier molecular flexibility index (Phi) is 6.24. The first-order chi connectivity index (χ1) is 18.6. The summed E-state index contributed by atoms with van der Waals surface area (Å²) < 4.78 is 36.6. The summed E-state index contributed by atoms with van der Waals surface area (Å²) in [5.41, 5.74) is 0.880. The minimum absolute atomic E-state index is 0.128. The number of alkyl halides is 2. The quantitative estimate of drug-likeness (QED) is 0.420. The fourth-order valence-corrected chi connectivity index (χ4v) is 5.49. The lowest BCUT2D eigenvalue weighted by Gasteiger charge is -2.30. The van der Waals surface area contributed by atoms with Gasteiger partial charge in [-0.15, -0.1) is 0 Å². The molecule has 3 aromatic rings. The molecule has 0 unspecified atom stereocenters. The highest BCUT2D eigenvalue weighted by Crippen LogP contribution is 2.45. The van der Waals surface area contributed by atoms with Gasteiger partial charge in [0.1, 0.15) is 5.02 Å². The number of anilines is 4. The Labute approximate surface area is 226 Å². The number of carboxylic acids is 1. The average molecular weight is 561 g/mol. The molecule has 39 heavy (non-hydrogen) atoms. The molecule has 13 heteroatoms. The molecule has 0 amide bonds. The van der Waals surface area contributed by atoms with E-state index in [0.717, 1.165) is 0 Å². The molecule has 4 heterocycles. The van der Waals surface area contributed by atoms with Crippen molar-refractivity contribution in [1.82, 2.24) is 14.5 Å². The summed E-state index contributed by atoms with van der Waals surface area (Å²) in [5, 5.41) is 16.2. The molecule has 3 N–H and O–H groups in total. The van der Waals surface area contributed by atoms with Crippen LogP contribution < -0.4 is 25.8 Å². The molecule has 0 spiro atoms. The second kappa shape index (κ2) is 9.51. The van der Waals surface area contributed by atoms with Crippen molar-refractivity contribution in [3.8, 4) is 5.75 Å². The number of rotatable bonds is 5. The SMILES string of the molecule is Cn1c(=O)c2c(c3cc(Nc4nc(N5CCC(C(=O)O)CC5)ncc4Cl)ccc31)N[C@H](C1CC1)C(F)(F)CO2. The molecule has 1 aliphatic carbocycles. The van der Waals surface area contributed by atoms with Gasteiger partial charge in [-0.2, -0.15) is 4.98 Å². The fourth-order valence-electron chi connectivity index (χ4n) is 5.35. The molecule has 2 aliphatic heterocycles. The van der Waals surface area contributed by atoms with Crippen molar-refractivity contribution >= 4 is 51.6 Å². The standard InChI is InChI=1S/C26H27ClF2N6O4/c1-34-18-5-4-15(31-22-17(27)11-30-25(33-22)35-8-6-14(7-9-35)24(37)38)10-16(18)19-20(23(34)36)39-12-26(28,29)21(32-19)13-2-3-13/h4-5,10-11,13-14,21,32H,2-3,6-9,12H2,1H3,(H,37,38)(H,30,31,33)/t21-/m1/s1. The van der Waals surface area contributed by atoms with Crippen LogP contribution in [0.25, 0.3) is 10.9 Å². The predicted molar refractivity (Wildman–Crippen MR) is 143 cm³/mol. The maximum absolute atomic E-state index is 14.9. The number of piperidine rings is 1. The minimum Gasteiger partial charge on any atom is -0.481 e. The number of carboxylic acid groups (broad SMARTS) is 1. The van der Waals surface area contributed by atoms with Crippen molar-refractivity contribution in [2.45, 2.75) is 37.6 Å². The summed E-state index contributed by atoms with van der Waals surface area (Å²) in [5.74, 6) is -3.86. The molecule has 2 aromatic heterocycles. The second-order valence-electron chi connectivity index (χ2n) is 10.4. The molecule has 1 atom stereocenters. The summed E-state index contributed by atoms with van der Waals surface area (Å²) in [4.78, 5) is 35.1. The molecule has 3 aliphatic rings. The summed E-state index contributed by atoms with van der Waals surface area (Å²) in [6.07, 6.45) is 3.86. The van der Waals surface area contributed by atoms with Crippen molar-refractivity contribution < 1.29 is 23.4 Å². The third-order valence-electron chi connectivity index (χ3n) is 7.73. The van der Waals surface area contributed by atoms with E-state index in [1.54, 1.807) is 25.2 Å². The van der Waals surface area contributed by atoms with Gasteiger partial charge in [0.15, 0.2) is 12.4 Å². The van der Waals surface area contributed by atoms with Gasteiger partial charge in [0.05, 0.1) is 29.4 Å². The van der Waals surface area contributed by atoms with Gasteiger partial charge in [-0.25, -0.2) is 13.8 Å². The van der Waals surface area contributed by atoms with Gasteiger partial charge in [0, 0.05) is 31.2 Å². The molecule has 0 bridgehead atoms. The number of carbonyl (C=O) groups is 1. The molecule has 1 saturated heterocycles. The Balaban J connectivity index is 1.34. The molecular weight excluding hydrogens is 534 g/mol. The molecule has 6 rings (SSSR count). The van der Waals surface area contributed by atoms with Crippen LogP contribution in [0.4, 0.5) is 31.9 Å². The van der Waals surface area contributed by atoms with Crippen molar-refractivity contribution in [3.63, 3.8) is 0 Å². The van der Waals surface area contributed by atoms with Crippen molar-refractivity contribution in [2.24, 2.45) is 18.9 Å². The van der Waals surface area contributed by atoms with E-state index in [9.17, 15) is 23.5 Å². The van der Waals surface area contributed by atoms with Gasteiger partial charge in [-0.3, -0.25) is 9.59 Å². The first kappa shape index (κ1) is 25.6. The largest absolute Gasteiger partial charge is 0.481 e. The van der Waals surface area contributed by atoms with Gasteiger partial charge in [0.25, 0.3) is 5.56 Å². The third-order valence-corrected chi connectivity index (χ3v) is 8.01. The van der Waals surface area contributed by atoms with Crippen LogP contribution in [0.15, 0.2) is 29.2 Å². The average Bonchev–Trinajstić information content (AvgIpc) is 3.76. The van der Waals surface area contributed by atoms with Gasteiger partial charge in [-0.05, 0) is 49.8 Å². The molecule has 2 fully saturated rings. The number of ether oxygens (including phenoxy) is 1. The monoisotopic (exact) mass is 560 g/mol. The number of halogens is 3. The van der Waals surface area contributed by atoms with Crippen LogP contribution in [-0.4, -0.2) is 57.3 Å². The van der Waals surface area contributed by atoms with Gasteiger partial charge >= 0.3 is 11.9 Å². The van der Waals surface area contributed by atoms with E-state index < -0.39 is 30.1 Å². The van der Waals surface area contributed by atoms with Gasteiger partial charge in [-0.1, -0.05) is 11.6 Å². The summed E-state index contributed by atoms with van der Waals surface area (Å²) in [6.45, 7) is 0.148. The van der Waals surface area contributed by atoms with Crippen LogP contribution in [0, 0.1) is 11.8 Å². The summed E-state index contributed by atoms with van der Waals surface area (Å²) in [6, 6.07) is 4.08. The number of nitrogens with one attached hydrogen (secondary N) is 2. The van der Waals surface area contributed by atoms with Gasteiger partial charge in [0.2, 0.25) is 11.7 Å². The van der Waals surface area contributed by atoms with E-state index in [-0.39, 0.29) is 28.3 Å². The van der Waals surface area contributed by atoms with E-state index >= 15 is 0 Å². The van der Waals surface area contributed by atoms with Crippen LogP contribution in [-0.2, 0) is 11.8 Å². The van der Waals surface area contributed by atoms with Crippen LogP contribution in [0.5, 0.6) is 5.75 Å². The first-order valence-electron chi connectivity index (χ1n) is 12.8. The Morgan fingerprint density at radius 2 is 2.00 bits per heavy atom. The first-order valence-corrected chi connectivity index (χ1v) is 13.2. The number of pyridine rings is 1. The zero-order valence-electron chi connectivity index (χ0n) is 21.1. The maximum atomic E-state index is 14.9. The van der Waals surface area contributed by atoms with Crippen LogP contribution in [0.2, 0.25) is 5.02 Å². The number of fused-ring (bicyclic) bond motifs is 3. The number of aromatic nitrogens is 3. The number of aliphatic carboxylic acids is 1. The maximum Gasteiger partial charge on any atom is 0.306 e. The van der Waals surface area contributed by atoms with Gasteiger partial charge < -0.3 is 29.9 Å².